The molecule has 0 radical (unpaired) electrons. The summed E-state index contributed by atoms with van der Waals surface area (Å²) in [5.74, 6) is 0.0514. The third-order valence-corrected chi connectivity index (χ3v) is 7.44. The van der Waals surface area contributed by atoms with Gasteiger partial charge in [0.2, 0.25) is 10.0 Å². The van der Waals surface area contributed by atoms with Crippen molar-refractivity contribution in [3.05, 3.63) is 65.2 Å². The van der Waals surface area contributed by atoms with Crippen LogP contribution in [0.1, 0.15) is 32.8 Å². The Morgan fingerprint density at radius 3 is 2.14 bits per heavy atom. The van der Waals surface area contributed by atoms with Gasteiger partial charge in [0, 0.05) is 24.2 Å². The quantitative estimate of drug-likeness (QED) is 0.606. The average molecular weight is 424 g/mol. The Balaban J connectivity index is 2.28. The third-order valence-electron chi connectivity index (χ3n) is 5.20. The fraction of sp³-hybridized carbons (Fsp3) is 0.455. The minimum absolute atomic E-state index is 0.0459. The predicted octanol–water partition coefficient (Wildman–Crippen LogP) is 4.62. The van der Waals surface area contributed by atoms with Crippen LogP contribution in [-0.2, 0) is 16.4 Å². The molecule has 0 saturated carbocycles. The lowest BCUT2D eigenvalue weighted by atomic mass is 9.96. The number of rotatable bonds is 10. The van der Waals surface area contributed by atoms with Gasteiger partial charge in [-0.15, -0.1) is 0 Å². The van der Waals surface area contributed by atoms with Crippen LogP contribution in [0.5, 0.6) is 0 Å². The number of nitrogens with zero attached hydrogens (tertiary/aromatic N) is 1. The second kappa shape index (κ2) is 10.4. The van der Waals surface area contributed by atoms with Crippen molar-refractivity contribution in [1.82, 2.24) is 4.31 Å². The van der Waals surface area contributed by atoms with Gasteiger partial charge < -0.3 is 5.11 Å². The Bertz CT molecular complexity index is 823. The van der Waals surface area contributed by atoms with Crippen molar-refractivity contribution < 1.29 is 13.5 Å². The molecule has 28 heavy (non-hydrogen) atoms. The molecule has 0 aliphatic carbocycles. The van der Waals surface area contributed by atoms with Gasteiger partial charge in [-0.05, 0) is 61.4 Å². The molecule has 0 aliphatic heterocycles. The van der Waals surface area contributed by atoms with Crippen LogP contribution in [0, 0.1) is 11.8 Å². The topological polar surface area (TPSA) is 57.6 Å². The number of aliphatic hydroxyl groups excluding tert-OH is 1. The van der Waals surface area contributed by atoms with Crippen LogP contribution >= 0.6 is 11.6 Å². The number of hydrogen-bond donors (Lipinski definition) is 1. The molecule has 0 heterocycles. The summed E-state index contributed by atoms with van der Waals surface area (Å²) in [6.07, 6.45) is 1.49. The molecule has 0 saturated heterocycles. The lowest BCUT2D eigenvalue weighted by Gasteiger charge is -2.32. The Labute approximate surface area is 174 Å². The third kappa shape index (κ3) is 6.05. The molecule has 0 spiro atoms. The number of aryl methyl sites for hydroxylation is 1. The summed E-state index contributed by atoms with van der Waals surface area (Å²) < 4.78 is 28.3. The molecule has 2 aromatic rings. The summed E-state index contributed by atoms with van der Waals surface area (Å²) in [7, 11) is -3.70. The highest BCUT2D eigenvalue weighted by Gasteiger charge is 2.31. The van der Waals surface area contributed by atoms with E-state index in [1.165, 1.54) is 17.7 Å². The fourth-order valence-electron chi connectivity index (χ4n) is 3.13. The smallest absolute Gasteiger partial charge is 0.243 e. The minimum atomic E-state index is -3.70. The lowest BCUT2D eigenvalue weighted by molar-refractivity contribution is 0.152. The fourth-order valence-corrected chi connectivity index (χ4v) is 4.98. The van der Waals surface area contributed by atoms with E-state index in [1.807, 2.05) is 39.0 Å². The van der Waals surface area contributed by atoms with E-state index in [1.54, 1.807) is 16.4 Å². The number of aliphatic hydroxyl groups is 1. The van der Waals surface area contributed by atoms with Crippen molar-refractivity contribution in [1.29, 1.82) is 0 Å². The minimum Gasteiger partial charge on any atom is -0.396 e. The van der Waals surface area contributed by atoms with Gasteiger partial charge in [0.15, 0.2) is 0 Å². The van der Waals surface area contributed by atoms with E-state index in [0.717, 1.165) is 6.42 Å². The molecule has 154 valence electrons. The second-order valence-electron chi connectivity index (χ2n) is 7.59. The molecule has 0 aliphatic rings. The molecule has 0 aromatic heterocycles. The molecule has 2 aromatic carbocycles. The Morgan fingerprint density at radius 1 is 1.00 bits per heavy atom. The average Bonchev–Trinajstić information content (AvgIpc) is 2.67. The van der Waals surface area contributed by atoms with E-state index >= 15 is 0 Å². The first kappa shape index (κ1) is 22.9. The first-order valence-corrected chi connectivity index (χ1v) is 11.5. The van der Waals surface area contributed by atoms with Gasteiger partial charge in [0.1, 0.15) is 0 Å². The molecule has 1 N–H and O–H groups in total. The maximum absolute atomic E-state index is 13.4. The summed E-state index contributed by atoms with van der Waals surface area (Å²) in [5, 5.41) is 10.3. The highest BCUT2D eigenvalue weighted by molar-refractivity contribution is 7.89. The Kier molecular flexibility index (Phi) is 8.50. The summed E-state index contributed by atoms with van der Waals surface area (Å²) in [5.41, 5.74) is 1.18. The molecule has 4 nitrogen and oxygen atoms in total. The molecule has 0 amide bonds. The van der Waals surface area contributed by atoms with Crippen LogP contribution in [0.25, 0.3) is 0 Å². The summed E-state index contributed by atoms with van der Waals surface area (Å²) in [6.45, 7) is 6.18. The maximum Gasteiger partial charge on any atom is 0.243 e. The second-order valence-corrected chi connectivity index (χ2v) is 9.92. The predicted molar refractivity (Wildman–Crippen MR) is 115 cm³/mol. The molecular formula is C22H30ClNO3S. The van der Waals surface area contributed by atoms with Gasteiger partial charge in [0.05, 0.1) is 4.90 Å². The first-order chi connectivity index (χ1) is 13.3. The molecule has 2 rings (SSSR count). The van der Waals surface area contributed by atoms with Gasteiger partial charge in [0.25, 0.3) is 0 Å². The Hall–Kier alpha value is -1.40. The van der Waals surface area contributed by atoms with Crippen LogP contribution in [-0.4, -0.2) is 37.0 Å². The van der Waals surface area contributed by atoms with Gasteiger partial charge in [-0.1, -0.05) is 55.8 Å². The first-order valence-electron chi connectivity index (χ1n) is 9.68. The standard InChI is InChI=1S/C22H30ClNO3S/c1-17(2)20(16-25)15-24(18(3)9-10-19-7-5-4-6-8-19)28(26,27)22-13-11-21(23)12-14-22/h4-8,11-14,17-18,20,25H,9-10,15-16H2,1-3H3/t18?,20-/m1/s1. The van der Waals surface area contributed by atoms with Crippen molar-refractivity contribution in [2.75, 3.05) is 13.2 Å². The van der Waals surface area contributed by atoms with Crippen LogP contribution in [0.3, 0.4) is 0 Å². The van der Waals surface area contributed by atoms with Crippen LogP contribution in [0.2, 0.25) is 5.02 Å². The lowest BCUT2D eigenvalue weighted by Crippen LogP contribution is -2.43. The molecular weight excluding hydrogens is 394 g/mol. The number of hydrogen-bond acceptors (Lipinski definition) is 3. The summed E-state index contributed by atoms with van der Waals surface area (Å²) in [6, 6.07) is 16.1. The summed E-state index contributed by atoms with van der Waals surface area (Å²) in [4.78, 5) is 0.226. The SMILES string of the molecule is CC(C)[C@@H](CO)CN(C(C)CCc1ccccc1)S(=O)(=O)c1ccc(Cl)cc1. The number of benzene rings is 2. The van der Waals surface area contributed by atoms with Crippen molar-refractivity contribution in [3.63, 3.8) is 0 Å². The van der Waals surface area contributed by atoms with Crippen molar-refractivity contribution in [2.45, 2.75) is 44.6 Å². The molecule has 6 heteroatoms. The monoisotopic (exact) mass is 423 g/mol. The normalized spacial score (nSPS) is 14.4. The Morgan fingerprint density at radius 2 is 1.61 bits per heavy atom. The van der Waals surface area contributed by atoms with E-state index in [0.29, 0.717) is 11.4 Å². The van der Waals surface area contributed by atoms with Crippen LogP contribution in [0.15, 0.2) is 59.5 Å². The molecule has 2 atom stereocenters. The molecule has 0 fully saturated rings. The maximum atomic E-state index is 13.4. The summed E-state index contributed by atoms with van der Waals surface area (Å²) >= 11 is 5.93. The van der Waals surface area contributed by atoms with E-state index < -0.39 is 10.0 Å². The van der Waals surface area contributed by atoms with Crippen LogP contribution in [0.4, 0.5) is 0 Å². The molecule has 0 bridgehead atoms. The van der Waals surface area contributed by atoms with Gasteiger partial charge in [-0.25, -0.2) is 8.42 Å². The van der Waals surface area contributed by atoms with E-state index in [-0.39, 0.29) is 35.9 Å². The van der Waals surface area contributed by atoms with Crippen molar-refractivity contribution in [2.24, 2.45) is 11.8 Å². The van der Waals surface area contributed by atoms with E-state index in [4.69, 9.17) is 11.6 Å². The largest absolute Gasteiger partial charge is 0.396 e. The zero-order valence-corrected chi connectivity index (χ0v) is 18.3. The zero-order valence-electron chi connectivity index (χ0n) is 16.8. The van der Waals surface area contributed by atoms with Crippen molar-refractivity contribution in [3.8, 4) is 0 Å². The van der Waals surface area contributed by atoms with Gasteiger partial charge in [-0.3, -0.25) is 0 Å². The highest BCUT2D eigenvalue weighted by Crippen LogP contribution is 2.25. The number of halogens is 1. The zero-order chi connectivity index (χ0) is 20.7. The van der Waals surface area contributed by atoms with Crippen molar-refractivity contribution >= 4 is 21.6 Å². The van der Waals surface area contributed by atoms with Crippen LogP contribution < -0.4 is 0 Å². The number of sulfonamides is 1. The van der Waals surface area contributed by atoms with E-state index in [2.05, 4.69) is 12.1 Å². The van der Waals surface area contributed by atoms with Gasteiger partial charge >= 0.3 is 0 Å². The molecule has 1 unspecified atom stereocenters. The highest BCUT2D eigenvalue weighted by atomic mass is 35.5. The van der Waals surface area contributed by atoms with Gasteiger partial charge in [-0.2, -0.15) is 4.31 Å². The van der Waals surface area contributed by atoms with E-state index in [9.17, 15) is 13.5 Å².